The van der Waals surface area contributed by atoms with Gasteiger partial charge in [-0.1, -0.05) is 19.4 Å². The van der Waals surface area contributed by atoms with Gasteiger partial charge in [0.15, 0.2) is 11.6 Å². The summed E-state index contributed by atoms with van der Waals surface area (Å²) in [5.74, 6) is -2.76. The highest BCUT2D eigenvalue weighted by atomic mass is 19.2. The van der Waals surface area contributed by atoms with Crippen LogP contribution in [0.15, 0.2) is 12.1 Å². The van der Waals surface area contributed by atoms with Gasteiger partial charge in [0.2, 0.25) is 5.91 Å². The predicted molar refractivity (Wildman–Crippen MR) is 93.9 cm³/mol. The van der Waals surface area contributed by atoms with Crippen molar-refractivity contribution >= 4 is 11.8 Å². The molecular formula is C19H26F2N2O3. The molecule has 0 saturated carbocycles. The van der Waals surface area contributed by atoms with E-state index < -0.39 is 17.5 Å². The Kier molecular flexibility index (Phi) is 7.50. The van der Waals surface area contributed by atoms with Gasteiger partial charge in [-0.05, 0) is 31.4 Å². The quantitative estimate of drug-likeness (QED) is 0.726. The van der Waals surface area contributed by atoms with Crippen LogP contribution in [-0.4, -0.2) is 61.0 Å². The van der Waals surface area contributed by atoms with E-state index in [4.69, 9.17) is 4.74 Å². The first-order chi connectivity index (χ1) is 12.5. The Morgan fingerprint density at radius 3 is 2.50 bits per heavy atom. The lowest BCUT2D eigenvalue weighted by molar-refractivity contribution is -0.136. The molecule has 1 aromatic rings. The van der Waals surface area contributed by atoms with Crippen LogP contribution in [0.1, 0.15) is 42.1 Å². The fourth-order valence-corrected chi connectivity index (χ4v) is 2.85. The lowest BCUT2D eigenvalue weighted by Crippen LogP contribution is -2.39. The molecule has 0 aromatic heterocycles. The van der Waals surface area contributed by atoms with Crippen LogP contribution in [0.25, 0.3) is 0 Å². The fraction of sp³-hybridized carbons (Fsp3) is 0.579. The molecule has 7 heteroatoms. The van der Waals surface area contributed by atoms with Gasteiger partial charge in [0.05, 0.1) is 5.56 Å². The number of hydrogen-bond donors (Lipinski definition) is 0. The maximum atomic E-state index is 14.1. The molecule has 2 rings (SSSR count). The molecule has 0 unspecified atom stereocenters. The van der Waals surface area contributed by atoms with E-state index in [-0.39, 0.29) is 30.2 Å². The number of ether oxygens (including phenoxy) is 1. The monoisotopic (exact) mass is 368 g/mol. The van der Waals surface area contributed by atoms with Gasteiger partial charge in [0.25, 0.3) is 5.91 Å². The lowest BCUT2D eigenvalue weighted by Gasteiger charge is -2.22. The molecule has 2 amide bonds. The number of unbranched alkanes of at least 4 members (excludes halogenated alkanes) is 1. The zero-order chi connectivity index (χ0) is 19.1. The Labute approximate surface area is 152 Å². The van der Waals surface area contributed by atoms with Gasteiger partial charge in [-0.15, -0.1) is 0 Å². The second-order valence-corrected chi connectivity index (χ2v) is 6.49. The average Bonchev–Trinajstić information content (AvgIpc) is 2.89. The van der Waals surface area contributed by atoms with E-state index in [1.807, 2.05) is 6.92 Å². The summed E-state index contributed by atoms with van der Waals surface area (Å²) in [6, 6.07) is 2.71. The summed E-state index contributed by atoms with van der Waals surface area (Å²) in [6.45, 7) is 5.65. The van der Waals surface area contributed by atoms with E-state index >= 15 is 0 Å². The summed E-state index contributed by atoms with van der Waals surface area (Å²) >= 11 is 0. The molecule has 5 nitrogen and oxygen atoms in total. The molecule has 1 saturated heterocycles. The fourth-order valence-electron chi connectivity index (χ4n) is 2.85. The van der Waals surface area contributed by atoms with Crippen LogP contribution >= 0.6 is 0 Å². The van der Waals surface area contributed by atoms with Crippen LogP contribution in [0.5, 0.6) is 0 Å². The van der Waals surface area contributed by atoms with Gasteiger partial charge < -0.3 is 14.5 Å². The number of nitrogens with zero attached hydrogens (tertiary/aromatic N) is 2. The summed E-state index contributed by atoms with van der Waals surface area (Å²) < 4.78 is 33.2. The Balaban J connectivity index is 1.94. The lowest BCUT2D eigenvalue weighted by atomic mass is 10.1. The van der Waals surface area contributed by atoms with E-state index in [0.717, 1.165) is 12.8 Å². The summed E-state index contributed by atoms with van der Waals surface area (Å²) in [4.78, 5) is 27.9. The standard InChI is InChI=1S/C19H26F2N2O3/c1-3-4-12-26-13-16(24)22-8-5-9-23(11-10-22)19(25)15-7-6-14(2)17(20)18(15)21/h6-7H,3-5,8-13H2,1-2H3. The minimum atomic E-state index is -1.11. The van der Waals surface area contributed by atoms with E-state index in [1.54, 1.807) is 4.90 Å². The third-order valence-corrected chi connectivity index (χ3v) is 4.51. The van der Waals surface area contributed by atoms with Crippen LogP contribution in [-0.2, 0) is 9.53 Å². The zero-order valence-corrected chi connectivity index (χ0v) is 15.4. The summed E-state index contributed by atoms with van der Waals surface area (Å²) in [7, 11) is 0. The summed E-state index contributed by atoms with van der Waals surface area (Å²) in [5, 5.41) is 0. The minimum absolute atomic E-state index is 0.0335. The van der Waals surface area contributed by atoms with E-state index in [1.165, 1.54) is 24.0 Å². The summed E-state index contributed by atoms with van der Waals surface area (Å²) in [5.41, 5.74) is -0.106. The minimum Gasteiger partial charge on any atom is -0.372 e. The van der Waals surface area contributed by atoms with E-state index in [9.17, 15) is 18.4 Å². The second kappa shape index (κ2) is 9.62. The molecule has 1 heterocycles. The molecule has 0 aliphatic carbocycles. The molecular weight excluding hydrogens is 342 g/mol. The molecule has 1 aliphatic heterocycles. The maximum Gasteiger partial charge on any atom is 0.257 e. The SMILES string of the molecule is CCCCOCC(=O)N1CCCN(C(=O)c2ccc(C)c(F)c2F)CC1. The van der Waals surface area contributed by atoms with Crippen molar-refractivity contribution < 1.29 is 23.1 Å². The van der Waals surface area contributed by atoms with Crippen LogP contribution < -0.4 is 0 Å². The Hall–Kier alpha value is -2.02. The van der Waals surface area contributed by atoms with Gasteiger partial charge in [-0.3, -0.25) is 9.59 Å². The first kappa shape index (κ1) is 20.3. The second-order valence-electron chi connectivity index (χ2n) is 6.49. The number of rotatable bonds is 6. The zero-order valence-electron chi connectivity index (χ0n) is 15.4. The van der Waals surface area contributed by atoms with Crippen LogP contribution in [0.4, 0.5) is 8.78 Å². The number of carbonyl (C=O) groups is 2. The molecule has 1 fully saturated rings. The molecule has 1 aromatic carbocycles. The molecule has 1 aliphatic rings. The number of amides is 2. The van der Waals surface area contributed by atoms with Gasteiger partial charge in [-0.25, -0.2) is 8.78 Å². The number of benzene rings is 1. The summed E-state index contributed by atoms with van der Waals surface area (Å²) in [6.07, 6.45) is 2.50. The van der Waals surface area contributed by atoms with Crippen molar-refractivity contribution in [3.05, 3.63) is 34.9 Å². The van der Waals surface area contributed by atoms with E-state index in [2.05, 4.69) is 0 Å². The first-order valence-electron chi connectivity index (χ1n) is 9.05. The highest BCUT2D eigenvalue weighted by Gasteiger charge is 2.25. The van der Waals surface area contributed by atoms with Gasteiger partial charge >= 0.3 is 0 Å². The smallest absolute Gasteiger partial charge is 0.257 e. The van der Waals surface area contributed by atoms with Crippen LogP contribution in [0.2, 0.25) is 0 Å². The number of hydrogen-bond acceptors (Lipinski definition) is 3. The van der Waals surface area contributed by atoms with Gasteiger partial charge in [0, 0.05) is 32.8 Å². The Bertz CT molecular complexity index is 652. The van der Waals surface area contributed by atoms with Gasteiger partial charge in [0.1, 0.15) is 6.61 Å². The van der Waals surface area contributed by atoms with Crippen LogP contribution in [0.3, 0.4) is 0 Å². The molecule has 0 N–H and O–H groups in total. The molecule has 0 spiro atoms. The first-order valence-corrected chi connectivity index (χ1v) is 9.05. The molecule has 0 radical (unpaired) electrons. The van der Waals surface area contributed by atoms with Crippen molar-refractivity contribution in [2.75, 3.05) is 39.4 Å². The van der Waals surface area contributed by atoms with Crippen molar-refractivity contribution in [2.45, 2.75) is 33.1 Å². The third kappa shape index (κ3) is 5.00. The topological polar surface area (TPSA) is 49.9 Å². The molecule has 0 bridgehead atoms. The van der Waals surface area contributed by atoms with Crippen molar-refractivity contribution in [3.8, 4) is 0 Å². The highest BCUT2D eigenvalue weighted by Crippen LogP contribution is 2.18. The number of aryl methyl sites for hydroxylation is 1. The van der Waals surface area contributed by atoms with Crippen LogP contribution in [0, 0.1) is 18.6 Å². The maximum absolute atomic E-state index is 14.1. The molecule has 144 valence electrons. The van der Waals surface area contributed by atoms with Crippen molar-refractivity contribution in [1.29, 1.82) is 0 Å². The van der Waals surface area contributed by atoms with E-state index in [0.29, 0.717) is 32.7 Å². The van der Waals surface area contributed by atoms with Gasteiger partial charge in [-0.2, -0.15) is 0 Å². The normalized spacial score (nSPS) is 15.1. The van der Waals surface area contributed by atoms with Crippen molar-refractivity contribution in [1.82, 2.24) is 9.80 Å². The number of carbonyl (C=O) groups excluding carboxylic acids is 2. The highest BCUT2D eigenvalue weighted by molar-refractivity contribution is 5.94. The number of halogens is 2. The van der Waals surface area contributed by atoms with Crippen molar-refractivity contribution in [3.63, 3.8) is 0 Å². The average molecular weight is 368 g/mol. The Morgan fingerprint density at radius 2 is 1.77 bits per heavy atom. The Morgan fingerprint density at radius 1 is 1.08 bits per heavy atom. The predicted octanol–water partition coefficient (Wildman–Crippen LogP) is 2.76. The molecule has 26 heavy (non-hydrogen) atoms. The largest absolute Gasteiger partial charge is 0.372 e. The molecule has 0 atom stereocenters. The van der Waals surface area contributed by atoms with Crippen molar-refractivity contribution in [2.24, 2.45) is 0 Å². The third-order valence-electron chi connectivity index (χ3n) is 4.51.